The van der Waals surface area contributed by atoms with Gasteiger partial charge in [-0.25, -0.2) is 0 Å². The SMILES string of the molecule is O=C(CSc1nnc(-c2ccco2)n1Cc1ccccc1)NC1CCCN(Cc2ccccc2)C1. The number of piperidine rings is 1. The van der Waals surface area contributed by atoms with Crippen LogP contribution >= 0.6 is 11.8 Å². The molecule has 0 radical (unpaired) electrons. The van der Waals surface area contributed by atoms with Crippen LogP contribution in [-0.2, 0) is 17.9 Å². The summed E-state index contributed by atoms with van der Waals surface area (Å²) in [6.07, 6.45) is 3.72. The number of carbonyl (C=O) groups is 1. The molecule has 1 aliphatic heterocycles. The predicted octanol–water partition coefficient (Wildman–Crippen LogP) is 4.46. The molecule has 4 aromatic rings. The average molecular weight is 488 g/mol. The van der Waals surface area contributed by atoms with Crippen LogP contribution in [0.3, 0.4) is 0 Å². The maximum Gasteiger partial charge on any atom is 0.230 e. The number of amides is 1. The highest BCUT2D eigenvalue weighted by atomic mass is 32.2. The second kappa shape index (κ2) is 11.4. The quantitative estimate of drug-likeness (QED) is 0.351. The molecule has 3 heterocycles. The molecule has 1 N–H and O–H groups in total. The topological polar surface area (TPSA) is 76.2 Å². The third-order valence-electron chi connectivity index (χ3n) is 6.09. The highest BCUT2D eigenvalue weighted by Gasteiger charge is 2.22. The number of hydrogen-bond donors (Lipinski definition) is 1. The molecule has 1 atom stereocenters. The van der Waals surface area contributed by atoms with Gasteiger partial charge >= 0.3 is 0 Å². The van der Waals surface area contributed by atoms with Crippen molar-refractivity contribution >= 4 is 17.7 Å². The van der Waals surface area contributed by atoms with Crippen molar-refractivity contribution in [3.8, 4) is 11.6 Å². The Balaban J connectivity index is 1.20. The summed E-state index contributed by atoms with van der Waals surface area (Å²) in [6, 6.07) is 24.5. The van der Waals surface area contributed by atoms with E-state index in [0.29, 0.717) is 29.0 Å². The van der Waals surface area contributed by atoms with Crippen molar-refractivity contribution in [1.29, 1.82) is 0 Å². The maximum atomic E-state index is 12.8. The van der Waals surface area contributed by atoms with Crippen molar-refractivity contribution in [3.05, 3.63) is 90.2 Å². The van der Waals surface area contributed by atoms with E-state index < -0.39 is 0 Å². The van der Waals surface area contributed by atoms with Crippen molar-refractivity contribution in [3.63, 3.8) is 0 Å². The lowest BCUT2D eigenvalue weighted by atomic mass is 10.0. The van der Waals surface area contributed by atoms with Gasteiger partial charge in [-0.3, -0.25) is 14.3 Å². The van der Waals surface area contributed by atoms with E-state index in [0.717, 1.165) is 38.0 Å². The first kappa shape index (κ1) is 23.4. The minimum absolute atomic E-state index is 0.0235. The first-order valence-electron chi connectivity index (χ1n) is 11.9. The van der Waals surface area contributed by atoms with Gasteiger partial charge in [0, 0.05) is 19.1 Å². The monoisotopic (exact) mass is 487 g/mol. The zero-order valence-corrected chi connectivity index (χ0v) is 20.4. The molecule has 0 saturated carbocycles. The minimum atomic E-state index is 0.0235. The second-order valence-electron chi connectivity index (χ2n) is 8.77. The fraction of sp³-hybridized carbons (Fsp3) is 0.296. The number of hydrogen-bond acceptors (Lipinski definition) is 6. The van der Waals surface area contributed by atoms with Crippen molar-refractivity contribution in [2.45, 2.75) is 37.1 Å². The lowest BCUT2D eigenvalue weighted by Crippen LogP contribution is -2.47. The molecule has 5 rings (SSSR count). The number of benzene rings is 2. The standard InChI is InChI=1S/C27H29N5O2S/c33-25(28-23-13-7-15-31(19-23)17-21-9-3-1-4-10-21)20-35-27-30-29-26(24-14-8-16-34-24)32(27)18-22-11-5-2-6-12-22/h1-6,8-12,14,16,23H,7,13,15,17-20H2,(H,28,33). The Bertz CT molecular complexity index is 1210. The normalized spacial score (nSPS) is 16.3. The highest BCUT2D eigenvalue weighted by molar-refractivity contribution is 7.99. The molecule has 1 aliphatic rings. The van der Waals surface area contributed by atoms with Gasteiger partial charge in [0.05, 0.1) is 18.6 Å². The Kier molecular flexibility index (Phi) is 7.60. The van der Waals surface area contributed by atoms with E-state index in [4.69, 9.17) is 4.42 Å². The van der Waals surface area contributed by atoms with Gasteiger partial charge in [0.15, 0.2) is 10.9 Å². The Morgan fingerprint density at radius 1 is 0.971 bits per heavy atom. The zero-order chi connectivity index (χ0) is 23.9. The van der Waals surface area contributed by atoms with Gasteiger partial charge in [-0.05, 0) is 42.6 Å². The summed E-state index contributed by atoms with van der Waals surface area (Å²) in [7, 11) is 0. The molecule has 1 amide bonds. The second-order valence-corrected chi connectivity index (χ2v) is 9.71. The van der Waals surface area contributed by atoms with Gasteiger partial charge < -0.3 is 9.73 Å². The summed E-state index contributed by atoms with van der Waals surface area (Å²) in [6.45, 7) is 3.46. The van der Waals surface area contributed by atoms with Crippen LogP contribution in [0.4, 0.5) is 0 Å². The molecule has 1 saturated heterocycles. The third kappa shape index (κ3) is 6.21. The van der Waals surface area contributed by atoms with E-state index in [1.165, 1.54) is 17.3 Å². The maximum absolute atomic E-state index is 12.8. The number of nitrogens with one attached hydrogen (secondary N) is 1. The average Bonchev–Trinajstić information content (AvgIpc) is 3.54. The number of rotatable bonds is 9. The zero-order valence-electron chi connectivity index (χ0n) is 19.5. The molecule has 0 aliphatic carbocycles. The Labute approximate surface area is 209 Å². The summed E-state index contributed by atoms with van der Waals surface area (Å²) in [4.78, 5) is 15.2. The van der Waals surface area contributed by atoms with Gasteiger partial charge in [-0.2, -0.15) is 0 Å². The largest absolute Gasteiger partial charge is 0.461 e. The van der Waals surface area contributed by atoms with Crippen molar-refractivity contribution < 1.29 is 9.21 Å². The number of furan rings is 1. The Morgan fingerprint density at radius 2 is 1.71 bits per heavy atom. The summed E-state index contributed by atoms with van der Waals surface area (Å²) < 4.78 is 7.58. The Hall–Kier alpha value is -3.36. The summed E-state index contributed by atoms with van der Waals surface area (Å²) in [5.74, 6) is 1.63. The van der Waals surface area contributed by atoms with Crippen LogP contribution < -0.4 is 5.32 Å². The summed E-state index contributed by atoms with van der Waals surface area (Å²) in [5, 5.41) is 12.7. The number of aromatic nitrogens is 3. The molecule has 0 bridgehead atoms. The van der Waals surface area contributed by atoms with Crippen molar-refractivity contribution in [1.82, 2.24) is 25.0 Å². The molecular weight excluding hydrogens is 458 g/mol. The summed E-state index contributed by atoms with van der Waals surface area (Å²) in [5.41, 5.74) is 2.44. The lowest BCUT2D eigenvalue weighted by Gasteiger charge is -2.33. The van der Waals surface area contributed by atoms with Crippen LogP contribution in [0.5, 0.6) is 0 Å². The minimum Gasteiger partial charge on any atom is -0.461 e. The van der Waals surface area contributed by atoms with E-state index in [-0.39, 0.29) is 11.9 Å². The van der Waals surface area contributed by atoms with E-state index in [1.54, 1.807) is 6.26 Å². The first-order chi connectivity index (χ1) is 17.2. The van der Waals surface area contributed by atoms with E-state index in [2.05, 4.69) is 56.8 Å². The third-order valence-corrected chi connectivity index (χ3v) is 7.06. The smallest absolute Gasteiger partial charge is 0.230 e. The molecule has 7 nitrogen and oxygen atoms in total. The van der Waals surface area contributed by atoms with Crippen LogP contribution in [0.25, 0.3) is 11.6 Å². The molecule has 180 valence electrons. The summed E-state index contributed by atoms with van der Waals surface area (Å²) >= 11 is 1.41. The van der Waals surface area contributed by atoms with Crippen LogP contribution in [0, 0.1) is 0 Å². The molecule has 8 heteroatoms. The van der Waals surface area contributed by atoms with Gasteiger partial charge in [-0.1, -0.05) is 72.4 Å². The fourth-order valence-corrected chi connectivity index (χ4v) is 5.20. The molecule has 35 heavy (non-hydrogen) atoms. The molecule has 1 unspecified atom stereocenters. The van der Waals surface area contributed by atoms with Crippen molar-refractivity contribution in [2.75, 3.05) is 18.8 Å². The van der Waals surface area contributed by atoms with Crippen LogP contribution in [0.15, 0.2) is 88.6 Å². The molecule has 1 fully saturated rings. The first-order valence-corrected chi connectivity index (χ1v) is 12.9. The molecule has 0 spiro atoms. The number of thioether (sulfide) groups is 1. The molecule has 2 aromatic carbocycles. The van der Waals surface area contributed by atoms with Gasteiger partial charge in [-0.15, -0.1) is 10.2 Å². The highest BCUT2D eigenvalue weighted by Crippen LogP contribution is 2.25. The van der Waals surface area contributed by atoms with Crippen LogP contribution in [0.1, 0.15) is 24.0 Å². The van der Waals surface area contributed by atoms with E-state index in [1.807, 2.05) is 41.0 Å². The van der Waals surface area contributed by atoms with E-state index >= 15 is 0 Å². The van der Waals surface area contributed by atoms with E-state index in [9.17, 15) is 4.79 Å². The van der Waals surface area contributed by atoms with Gasteiger partial charge in [0.25, 0.3) is 0 Å². The van der Waals surface area contributed by atoms with Gasteiger partial charge in [0.2, 0.25) is 11.7 Å². The number of likely N-dealkylation sites (tertiary alicyclic amines) is 1. The molecular formula is C27H29N5O2S. The fourth-order valence-electron chi connectivity index (χ4n) is 4.45. The number of carbonyl (C=O) groups excluding carboxylic acids is 1. The number of nitrogens with zero attached hydrogens (tertiary/aromatic N) is 4. The van der Waals surface area contributed by atoms with Crippen LogP contribution in [0.2, 0.25) is 0 Å². The van der Waals surface area contributed by atoms with Crippen molar-refractivity contribution in [2.24, 2.45) is 0 Å². The van der Waals surface area contributed by atoms with Gasteiger partial charge in [0.1, 0.15) is 0 Å². The molecule has 2 aromatic heterocycles. The van der Waals surface area contributed by atoms with Crippen LogP contribution in [-0.4, -0.2) is 50.5 Å². The Morgan fingerprint density at radius 3 is 2.43 bits per heavy atom. The predicted molar refractivity (Wildman–Crippen MR) is 137 cm³/mol. The lowest BCUT2D eigenvalue weighted by molar-refractivity contribution is -0.119.